The van der Waals surface area contributed by atoms with Gasteiger partial charge in [-0.1, -0.05) is 22.0 Å². The van der Waals surface area contributed by atoms with Crippen molar-refractivity contribution in [3.05, 3.63) is 52.4 Å². The van der Waals surface area contributed by atoms with Crippen molar-refractivity contribution in [2.75, 3.05) is 13.6 Å². The number of halogens is 2. The molecule has 1 aliphatic rings. The molecule has 0 radical (unpaired) electrons. The van der Waals surface area contributed by atoms with Crippen LogP contribution in [0.5, 0.6) is 5.75 Å². The molecule has 0 N–H and O–H groups in total. The second-order valence-corrected chi connectivity index (χ2v) is 5.81. The predicted molar refractivity (Wildman–Crippen MR) is 84.4 cm³/mol. The van der Waals surface area contributed by atoms with Crippen LogP contribution in [0.4, 0.5) is 0 Å². The normalized spacial score (nSPS) is 18.8. The second kappa shape index (κ2) is 6.66. The fraction of sp³-hybridized carbons (Fsp3) is 0.333. The van der Waals surface area contributed by atoms with Crippen LogP contribution in [0, 0.1) is 0 Å². The van der Waals surface area contributed by atoms with Crippen LogP contribution in [0.2, 0.25) is 0 Å². The molecule has 5 heteroatoms. The number of hydrogen-bond donors (Lipinski definition) is 0. The van der Waals surface area contributed by atoms with E-state index in [9.17, 15) is 0 Å². The molecular weight excluding hydrogens is 342 g/mol. The Hall–Kier alpha value is -0.970. The molecule has 108 valence electrons. The van der Waals surface area contributed by atoms with Gasteiger partial charge in [0.1, 0.15) is 17.6 Å². The van der Waals surface area contributed by atoms with Crippen molar-refractivity contribution in [1.29, 1.82) is 0 Å². The van der Waals surface area contributed by atoms with Crippen molar-refractivity contribution in [3.8, 4) is 5.75 Å². The van der Waals surface area contributed by atoms with E-state index in [0.29, 0.717) is 0 Å². The first-order valence-corrected chi connectivity index (χ1v) is 7.19. The highest BCUT2D eigenvalue weighted by Gasteiger charge is 2.24. The van der Waals surface area contributed by atoms with Crippen LogP contribution in [0.15, 0.2) is 45.5 Å². The van der Waals surface area contributed by atoms with Crippen molar-refractivity contribution in [1.82, 2.24) is 4.90 Å². The summed E-state index contributed by atoms with van der Waals surface area (Å²) >= 11 is 3.47. The number of hydrogen-bond acceptors (Lipinski definition) is 3. The summed E-state index contributed by atoms with van der Waals surface area (Å²) in [7, 11) is 2.10. The lowest BCUT2D eigenvalue weighted by Crippen LogP contribution is -2.18. The molecule has 3 nitrogen and oxygen atoms in total. The zero-order valence-corrected chi connectivity index (χ0v) is 13.6. The Kier molecular flexibility index (Phi) is 5.13. The maximum atomic E-state index is 6.13. The van der Waals surface area contributed by atoms with Crippen LogP contribution in [-0.2, 0) is 6.54 Å². The molecule has 3 rings (SSSR count). The smallest absolute Gasteiger partial charge is 0.128 e. The highest BCUT2D eigenvalue weighted by Crippen LogP contribution is 2.32. The summed E-state index contributed by atoms with van der Waals surface area (Å²) in [5.74, 6) is 1.90. The highest BCUT2D eigenvalue weighted by atomic mass is 79.9. The van der Waals surface area contributed by atoms with Gasteiger partial charge in [-0.15, -0.1) is 12.4 Å². The molecule has 0 spiro atoms. The van der Waals surface area contributed by atoms with E-state index in [4.69, 9.17) is 9.15 Å². The first-order valence-electron chi connectivity index (χ1n) is 6.39. The molecule has 1 aromatic carbocycles. The van der Waals surface area contributed by atoms with Gasteiger partial charge in [0.25, 0.3) is 0 Å². The molecule has 2 aromatic rings. The quantitative estimate of drug-likeness (QED) is 0.794. The Morgan fingerprint density at radius 1 is 1.35 bits per heavy atom. The van der Waals surface area contributed by atoms with E-state index in [1.807, 2.05) is 30.3 Å². The van der Waals surface area contributed by atoms with Crippen LogP contribution >= 0.6 is 28.3 Å². The van der Waals surface area contributed by atoms with Crippen molar-refractivity contribution >= 4 is 28.3 Å². The van der Waals surface area contributed by atoms with Gasteiger partial charge in [0.2, 0.25) is 0 Å². The molecule has 0 amide bonds. The second-order valence-electron chi connectivity index (χ2n) is 4.89. The number of rotatable bonds is 2. The minimum Gasteiger partial charge on any atom is -0.486 e. The van der Waals surface area contributed by atoms with E-state index in [1.165, 1.54) is 5.56 Å². The Balaban J connectivity index is 0.00000147. The van der Waals surface area contributed by atoms with Crippen LogP contribution in [-0.4, -0.2) is 18.5 Å². The van der Waals surface area contributed by atoms with Crippen molar-refractivity contribution in [2.24, 2.45) is 0 Å². The molecule has 20 heavy (non-hydrogen) atoms. The van der Waals surface area contributed by atoms with Gasteiger partial charge in [-0.25, -0.2) is 0 Å². The van der Waals surface area contributed by atoms with Gasteiger partial charge >= 0.3 is 0 Å². The fourth-order valence-electron chi connectivity index (χ4n) is 2.41. The summed E-state index contributed by atoms with van der Waals surface area (Å²) in [5.41, 5.74) is 1.17. The third-order valence-corrected chi connectivity index (χ3v) is 3.88. The van der Waals surface area contributed by atoms with Crippen LogP contribution < -0.4 is 4.74 Å². The zero-order valence-electron chi connectivity index (χ0n) is 11.2. The molecule has 1 aliphatic heterocycles. The van der Waals surface area contributed by atoms with Crippen molar-refractivity contribution in [3.63, 3.8) is 0 Å². The highest BCUT2D eigenvalue weighted by molar-refractivity contribution is 9.10. The summed E-state index contributed by atoms with van der Waals surface area (Å²) in [5, 5.41) is 0. The zero-order chi connectivity index (χ0) is 13.2. The summed E-state index contributed by atoms with van der Waals surface area (Å²) in [6.07, 6.45) is 2.78. The van der Waals surface area contributed by atoms with Gasteiger partial charge in [-0.05, 0) is 31.3 Å². The number of nitrogens with zero attached hydrogens (tertiary/aromatic N) is 1. The Labute approximate surface area is 133 Å². The van der Waals surface area contributed by atoms with Crippen LogP contribution in [0.3, 0.4) is 0 Å². The Bertz CT molecular complexity index is 573. The number of benzene rings is 1. The topological polar surface area (TPSA) is 25.6 Å². The average molecular weight is 359 g/mol. The summed E-state index contributed by atoms with van der Waals surface area (Å²) in [4.78, 5) is 2.26. The molecule has 0 bridgehead atoms. The predicted octanol–water partition coefficient (Wildman–Crippen LogP) is 4.42. The molecule has 0 saturated heterocycles. The first kappa shape index (κ1) is 15.4. The van der Waals surface area contributed by atoms with Crippen LogP contribution in [0.25, 0.3) is 0 Å². The van der Waals surface area contributed by atoms with E-state index in [2.05, 4.69) is 27.9 Å². The maximum absolute atomic E-state index is 6.13. The van der Waals surface area contributed by atoms with E-state index < -0.39 is 0 Å². The third kappa shape index (κ3) is 3.37. The molecule has 1 atom stereocenters. The number of ether oxygens (including phenoxy) is 1. The number of furan rings is 1. The number of fused-ring (bicyclic) bond motifs is 1. The van der Waals surface area contributed by atoms with Gasteiger partial charge in [-0.3, -0.25) is 4.90 Å². The minimum atomic E-state index is 0. The maximum Gasteiger partial charge on any atom is 0.128 e. The van der Waals surface area contributed by atoms with Gasteiger partial charge in [0.05, 0.1) is 12.8 Å². The molecule has 2 heterocycles. The lowest BCUT2D eigenvalue weighted by Gasteiger charge is -2.18. The van der Waals surface area contributed by atoms with Gasteiger partial charge in [0.15, 0.2) is 0 Å². The van der Waals surface area contributed by atoms with Crippen molar-refractivity contribution < 1.29 is 9.15 Å². The standard InChI is InChI=1S/C15H16BrNO2.ClH/c1-17-7-5-14(13-6-8-18-15(13)10-17)19-12-4-2-3-11(16)9-12;/h2-4,6,8-9,14H,5,7,10H2,1H3;1H. The average Bonchev–Trinajstić information content (AvgIpc) is 2.77. The summed E-state index contributed by atoms with van der Waals surface area (Å²) < 4.78 is 12.7. The Morgan fingerprint density at radius 3 is 3.00 bits per heavy atom. The molecule has 0 aliphatic carbocycles. The van der Waals surface area contributed by atoms with Crippen molar-refractivity contribution in [2.45, 2.75) is 19.1 Å². The molecule has 1 unspecified atom stereocenters. The summed E-state index contributed by atoms with van der Waals surface area (Å²) in [6, 6.07) is 9.99. The molecule has 0 fully saturated rings. The first-order chi connectivity index (χ1) is 9.22. The van der Waals surface area contributed by atoms with E-state index >= 15 is 0 Å². The van der Waals surface area contributed by atoms with Crippen LogP contribution in [0.1, 0.15) is 23.8 Å². The summed E-state index contributed by atoms with van der Waals surface area (Å²) in [6.45, 7) is 1.85. The molecular formula is C15H17BrClNO2. The van der Waals surface area contributed by atoms with Gasteiger partial charge in [0, 0.05) is 23.0 Å². The van der Waals surface area contributed by atoms with E-state index in [0.717, 1.165) is 35.5 Å². The minimum absolute atomic E-state index is 0. The van der Waals surface area contributed by atoms with Gasteiger partial charge in [-0.2, -0.15) is 0 Å². The lowest BCUT2D eigenvalue weighted by molar-refractivity contribution is 0.182. The lowest BCUT2D eigenvalue weighted by atomic mass is 10.1. The largest absolute Gasteiger partial charge is 0.486 e. The van der Waals surface area contributed by atoms with E-state index in [1.54, 1.807) is 6.26 Å². The fourth-order valence-corrected chi connectivity index (χ4v) is 2.79. The van der Waals surface area contributed by atoms with E-state index in [-0.39, 0.29) is 18.5 Å². The Morgan fingerprint density at radius 2 is 2.20 bits per heavy atom. The molecule has 0 saturated carbocycles. The monoisotopic (exact) mass is 357 g/mol. The van der Waals surface area contributed by atoms with Gasteiger partial charge < -0.3 is 9.15 Å². The third-order valence-electron chi connectivity index (χ3n) is 3.39. The molecule has 1 aromatic heterocycles. The SMILES string of the molecule is CN1CCC(Oc2cccc(Br)c2)c2ccoc2C1.Cl.